The molecule has 5 nitrogen and oxygen atoms in total. The van der Waals surface area contributed by atoms with Gasteiger partial charge in [-0.1, -0.05) is 82.2 Å². The zero-order valence-electron chi connectivity index (χ0n) is 24.0. The maximum atomic E-state index is 13.3. The van der Waals surface area contributed by atoms with Crippen molar-refractivity contribution in [2.75, 3.05) is 18.6 Å². The monoisotopic (exact) mass is 561 g/mol. The summed E-state index contributed by atoms with van der Waals surface area (Å²) in [7, 11) is 0. The van der Waals surface area contributed by atoms with Gasteiger partial charge in [0.1, 0.15) is 6.04 Å². The number of aryl methyl sites for hydroxylation is 1. The Hall–Kier alpha value is -1.71. The number of carboxylic acid groups (broad SMARTS) is 1. The third-order valence-corrected chi connectivity index (χ3v) is 8.60. The van der Waals surface area contributed by atoms with Crippen molar-refractivity contribution in [3.8, 4) is 11.1 Å². The molecule has 2 atom stereocenters. The summed E-state index contributed by atoms with van der Waals surface area (Å²) in [6, 6.07) is 12.9. The predicted octanol–water partition coefficient (Wildman–Crippen LogP) is 7.24. The number of carboxylic acids is 1. The molecule has 7 heteroatoms. The first-order valence-electron chi connectivity index (χ1n) is 14.7. The number of carbonyl (C=O) groups excluding carboxylic acids is 1. The number of rotatable bonds is 16. The van der Waals surface area contributed by atoms with Crippen LogP contribution in [0.25, 0.3) is 11.1 Å². The molecule has 0 bridgehead atoms. The molecule has 3 rings (SSSR count). The van der Waals surface area contributed by atoms with Crippen molar-refractivity contribution in [2.24, 2.45) is 11.8 Å². The normalized spacial score (nSPS) is 15.2. The molecule has 40 heavy (non-hydrogen) atoms. The Morgan fingerprint density at radius 1 is 1.07 bits per heavy atom. The molecule has 0 radical (unpaired) electrons. The first-order chi connectivity index (χ1) is 18.9. The molecule has 0 aromatic heterocycles. The van der Waals surface area contributed by atoms with Crippen LogP contribution in [0, 0.1) is 18.8 Å². The molecule has 1 fully saturated rings. The average Bonchev–Trinajstić information content (AvgIpc) is 2.94. The van der Waals surface area contributed by atoms with Gasteiger partial charge in [-0.15, -0.1) is 0 Å². The summed E-state index contributed by atoms with van der Waals surface area (Å²) >= 11 is 1.57. The van der Waals surface area contributed by atoms with Crippen LogP contribution < -0.4 is 5.32 Å². The molecular weight excluding hydrogens is 513 g/mol. The van der Waals surface area contributed by atoms with Gasteiger partial charge in [-0.25, -0.2) is 4.79 Å². The maximum absolute atomic E-state index is 13.3. The third kappa shape index (κ3) is 10.9. The molecule has 1 saturated carbocycles. The Morgan fingerprint density at radius 2 is 1.82 bits per heavy atom. The van der Waals surface area contributed by atoms with E-state index in [0.29, 0.717) is 30.3 Å². The summed E-state index contributed by atoms with van der Waals surface area (Å²) in [5.74, 6) is 0.744. The van der Waals surface area contributed by atoms with Gasteiger partial charge in [-0.05, 0) is 84.4 Å². The van der Waals surface area contributed by atoms with Gasteiger partial charge < -0.3 is 15.2 Å². The molecule has 0 saturated heterocycles. The van der Waals surface area contributed by atoms with Crippen LogP contribution in [0.15, 0.2) is 42.5 Å². The van der Waals surface area contributed by atoms with E-state index in [4.69, 9.17) is 4.74 Å². The van der Waals surface area contributed by atoms with Crippen molar-refractivity contribution in [3.05, 3.63) is 59.2 Å². The quantitative estimate of drug-likeness (QED) is 0.211. The minimum absolute atomic E-state index is 0. The Kier molecular flexibility index (Phi) is 16.1. The van der Waals surface area contributed by atoms with Crippen LogP contribution in [0.2, 0.25) is 0 Å². The number of nitrogens with one attached hydrogen (secondary N) is 1. The summed E-state index contributed by atoms with van der Waals surface area (Å²) in [5, 5.41) is 12.4. The SMILES string of the molecule is CCCCC(COCc1ccc(C(=O)NC(CCSC)C(=O)O)c(-c2ccccc2C)c1)CC1CCCCC1.[LiH]. The van der Waals surface area contributed by atoms with Crippen LogP contribution in [-0.2, 0) is 16.1 Å². The first-order valence-corrected chi connectivity index (χ1v) is 16.1. The van der Waals surface area contributed by atoms with E-state index in [1.807, 2.05) is 55.6 Å². The Morgan fingerprint density at radius 3 is 2.50 bits per heavy atom. The summed E-state index contributed by atoms with van der Waals surface area (Å²) in [6.45, 7) is 5.56. The number of carbonyl (C=O) groups is 2. The number of hydrogen-bond donors (Lipinski definition) is 2. The molecule has 2 aromatic carbocycles. The fourth-order valence-corrected chi connectivity index (χ4v) is 6.18. The summed E-state index contributed by atoms with van der Waals surface area (Å²) in [4.78, 5) is 25.1. The standard InChI is InChI=1S/C33H47NO4S.Li.H/c1-4-5-12-26(20-25-13-7-6-8-14-25)22-38-23-27-16-17-29(30(21-27)28-15-10-9-11-24(28)2)32(35)34-31(33(36)37)18-19-39-3;;/h9-11,15-17,21,25-26,31H,4-8,12-14,18-20,22-23H2,1-3H3,(H,34,35)(H,36,37);;. The van der Waals surface area contributed by atoms with Gasteiger partial charge in [0, 0.05) is 12.2 Å². The van der Waals surface area contributed by atoms with Crippen LogP contribution in [0.1, 0.15) is 92.6 Å². The number of amides is 1. The first kappa shape index (κ1) is 34.5. The molecule has 1 amide bonds. The van der Waals surface area contributed by atoms with E-state index in [-0.39, 0.29) is 24.8 Å². The summed E-state index contributed by atoms with van der Waals surface area (Å²) in [5.41, 5.74) is 4.36. The molecule has 216 valence electrons. The van der Waals surface area contributed by atoms with Crippen molar-refractivity contribution in [3.63, 3.8) is 0 Å². The second kappa shape index (κ2) is 18.7. The topological polar surface area (TPSA) is 75.6 Å². The molecular formula is C33H48LiNO4S. The van der Waals surface area contributed by atoms with E-state index in [1.54, 1.807) is 11.8 Å². The summed E-state index contributed by atoms with van der Waals surface area (Å²) in [6.07, 6.45) is 14.1. The van der Waals surface area contributed by atoms with Crippen LogP contribution in [0.4, 0.5) is 0 Å². The Labute approximate surface area is 257 Å². The molecule has 1 aliphatic rings. The third-order valence-electron chi connectivity index (χ3n) is 7.96. The van der Waals surface area contributed by atoms with Crippen LogP contribution in [0.3, 0.4) is 0 Å². The number of aliphatic carboxylic acids is 1. The molecule has 2 unspecified atom stereocenters. The Bertz CT molecular complexity index is 1060. The van der Waals surface area contributed by atoms with Crippen molar-refractivity contribution >= 4 is 42.5 Å². The van der Waals surface area contributed by atoms with Crippen molar-refractivity contribution in [1.29, 1.82) is 0 Å². The molecule has 2 N–H and O–H groups in total. The van der Waals surface area contributed by atoms with Crippen molar-refractivity contribution < 1.29 is 19.4 Å². The number of ether oxygens (including phenoxy) is 1. The van der Waals surface area contributed by atoms with E-state index in [2.05, 4.69) is 12.2 Å². The predicted molar refractivity (Wildman–Crippen MR) is 170 cm³/mol. The number of thioether (sulfide) groups is 1. The van der Waals surface area contributed by atoms with E-state index in [9.17, 15) is 14.7 Å². The minimum atomic E-state index is -1.01. The second-order valence-electron chi connectivity index (χ2n) is 11.1. The molecule has 0 aliphatic heterocycles. The van der Waals surface area contributed by atoms with Gasteiger partial charge in [0.2, 0.25) is 0 Å². The fourth-order valence-electron chi connectivity index (χ4n) is 5.71. The zero-order chi connectivity index (χ0) is 28.0. The van der Waals surface area contributed by atoms with Crippen LogP contribution in [0.5, 0.6) is 0 Å². The van der Waals surface area contributed by atoms with Gasteiger partial charge in [-0.3, -0.25) is 4.79 Å². The second-order valence-corrected chi connectivity index (χ2v) is 12.1. The average molecular weight is 562 g/mol. The van der Waals surface area contributed by atoms with E-state index in [1.165, 1.54) is 57.8 Å². The number of benzene rings is 2. The van der Waals surface area contributed by atoms with E-state index < -0.39 is 12.0 Å². The summed E-state index contributed by atoms with van der Waals surface area (Å²) < 4.78 is 6.30. The Balaban J connectivity index is 0.00000560. The molecule has 1 aliphatic carbocycles. The number of unbranched alkanes of at least 4 members (excludes halogenated alkanes) is 1. The van der Waals surface area contributed by atoms with E-state index >= 15 is 0 Å². The van der Waals surface area contributed by atoms with E-state index in [0.717, 1.165) is 34.8 Å². The van der Waals surface area contributed by atoms with Gasteiger partial charge >= 0.3 is 24.8 Å². The van der Waals surface area contributed by atoms with Crippen molar-refractivity contribution in [1.82, 2.24) is 5.32 Å². The zero-order valence-corrected chi connectivity index (χ0v) is 24.9. The fraction of sp³-hybridized carbons (Fsp3) is 0.576. The van der Waals surface area contributed by atoms with Gasteiger partial charge in [0.05, 0.1) is 6.61 Å². The van der Waals surface area contributed by atoms with Gasteiger partial charge in [-0.2, -0.15) is 11.8 Å². The molecule has 2 aromatic rings. The van der Waals surface area contributed by atoms with Gasteiger partial charge in [0.15, 0.2) is 0 Å². The van der Waals surface area contributed by atoms with Crippen LogP contribution >= 0.6 is 11.8 Å². The molecule has 0 heterocycles. The van der Waals surface area contributed by atoms with Crippen LogP contribution in [-0.4, -0.2) is 60.5 Å². The van der Waals surface area contributed by atoms with Crippen molar-refractivity contribution in [2.45, 2.75) is 90.7 Å². The number of hydrogen-bond acceptors (Lipinski definition) is 4. The van der Waals surface area contributed by atoms with Gasteiger partial charge in [0.25, 0.3) is 5.91 Å². The molecule has 0 spiro atoms.